The maximum absolute atomic E-state index is 3.53. The molecule has 4 aromatic carbocycles. The fourth-order valence-electron chi connectivity index (χ4n) is 4.12. The van der Waals surface area contributed by atoms with Gasteiger partial charge in [0.1, 0.15) is 6.15 Å². The zero-order valence-corrected chi connectivity index (χ0v) is 18.0. The first kappa shape index (κ1) is 19.9. The molecule has 27 heavy (non-hydrogen) atoms. The van der Waals surface area contributed by atoms with Crippen LogP contribution in [0.15, 0.2) is 121 Å². The van der Waals surface area contributed by atoms with E-state index in [-0.39, 0.29) is 0 Å². The van der Waals surface area contributed by atoms with Gasteiger partial charge in [-0.15, -0.1) is 0 Å². The maximum Gasteiger partial charge on any atom is 0.108 e. The molecule has 0 aliphatic carbocycles. The van der Waals surface area contributed by atoms with Gasteiger partial charge in [0.25, 0.3) is 0 Å². The average molecular weight is 505 g/mol. The zero-order chi connectivity index (χ0) is 19.0. The van der Waals surface area contributed by atoms with Gasteiger partial charge >= 0.3 is 32.9 Å². The van der Waals surface area contributed by atoms with Crippen LogP contribution < -0.4 is 21.9 Å². The Bertz CT molecular complexity index is 765. The summed E-state index contributed by atoms with van der Waals surface area (Å²) < 4.78 is 0. The van der Waals surface area contributed by atoms with Crippen molar-refractivity contribution in [1.29, 1.82) is 0 Å². The molecule has 0 fully saturated rings. The predicted molar refractivity (Wildman–Crippen MR) is 124 cm³/mol. The Hall–Kier alpha value is -1.82. The summed E-state index contributed by atoms with van der Waals surface area (Å²) in [7, 11) is 0. The van der Waals surface area contributed by atoms with Crippen molar-refractivity contribution in [2.24, 2.45) is 0 Å². The summed E-state index contributed by atoms with van der Waals surface area (Å²) in [6.45, 7) is 0. The summed E-state index contributed by atoms with van der Waals surface area (Å²) in [4.78, 5) is 0. The van der Waals surface area contributed by atoms with Crippen LogP contribution in [-0.4, -0.2) is 6.15 Å². The Balaban J connectivity index is 0.00000102. The van der Waals surface area contributed by atoms with E-state index in [1.807, 2.05) is 20.4 Å². The summed E-state index contributed by atoms with van der Waals surface area (Å²) in [5.41, 5.74) is 5.36. The third kappa shape index (κ3) is 4.05. The molecule has 0 aliphatic heterocycles. The molecule has 0 heterocycles. The standard InChI is InChI=1S/C24H20B.Co.HI/c1-5-13-21(14-6-1)25(22-15-7-2-8-16-22,23-17-9-3-10-18-23)24-19-11-4-12-20-24;;/h1-20H;;1H/q-1;+2;/p-1. The molecular formula is C24H20BCoI. The first-order valence-electron chi connectivity index (χ1n) is 8.92. The van der Waals surface area contributed by atoms with Crippen molar-refractivity contribution in [3.63, 3.8) is 0 Å². The number of rotatable bonds is 4. The molecule has 0 aliphatic rings. The third-order valence-corrected chi connectivity index (χ3v) is 5.20. The van der Waals surface area contributed by atoms with Gasteiger partial charge in [-0.2, -0.15) is 21.9 Å². The molecule has 0 amide bonds. The van der Waals surface area contributed by atoms with Crippen molar-refractivity contribution in [3.05, 3.63) is 121 Å². The van der Waals surface area contributed by atoms with Crippen LogP contribution in [0.5, 0.6) is 0 Å². The van der Waals surface area contributed by atoms with Gasteiger partial charge in [0.05, 0.1) is 0 Å². The van der Waals surface area contributed by atoms with Crippen LogP contribution >= 0.6 is 20.4 Å². The van der Waals surface area contributed by atoms with Gasteiger partial charge in [-0.1, -0.05) is 121 Å². The summed E-state index contributed by atoms with van der Waals surface area (Å²) >= 11 is 5.37. The van der Waals surface area contributed by atoms with Crippen LogP contribution in [0.1, 0.15) is 0 Å². The van der Waals surface area contributed by atoms with E-state index in [0.29, 0.717) is 0 Å². The predicted octanol–water partition coefficient (Wildman–Crippen LogP) is 3.95. The van der Waals surface area contributed by atoms with Crippen LogP contribution in [0.3, 0.4) is 0 Å². The SMILES string of the molecule is [Co+][I].c1ccc([B-](c2ccccc2)(c2ccccc2)c2ccccc2)cc1. The van der Waals surface area contributed by atoms with E-state index in [0.717, 1.165) is 0 Å². The average Bonchev–Trinajstić information content (AvgIpc) is 2.79. The third-order valence-electron chi connectivity index (χ3n) is 5.20. The second-order valence-electron chi connectivity index (χ2n) is 6.51. The van der Waals surface area contributed by atoms with E-state index in [9.17, 15) is 0 Å². The van der Waals surface area contributed by atoms with Crippen LogP contribution in [-0.2, 0) is 12.5 Å². The van der Waals surface area contributed by atoms with Crippen LogP contribution in [0.4, 0.5) is 0 Å². The molecule has 0 aromatic heterocycles. The van der Waals surface area contributed by atoms with Gasteiger partial charge in [-0.3, -0.25) is 0 Å². The van der Waals surface area contributed by atoms with E-state index in [1.165, 1.54) is 21.9 Å². The van der Waals surface area contributed by atoms with Gasteiger partial charge in [-0.25, -0.2) is 0 Å². The molecule has 0 bridgehead atoms. The Morgan fingerprint density at radius 3 is 0.741 bits per heavy atom. The quantitative estimate of drug-likeness (QED) is 0.292. The summed E-state index contributed by atoms with van der Waals surface area (Å²) in [5, 5.41) is 0. The normalized spacial score (nSPS) is 10.6. The molecule has 0 atom stereocenters. The summed E-state index contributed by atoms with van der Waals surface area (Å²) in [5.74, 6) is 0. The van der Waals surface area contributed by atoms with Crippen LogP contribution in [0.25, 0.3) is 0 Å². The van der Waals surface area contributed by atoms with Crippen molar-refractivity contribution in [3.8, 4) is 0 Å². The van der Waals surface area contributed by atoms with E-state index >= 15 is 0 Å². The number of halogens is 1. The molecule has 0 radical (unpaired) electrons. The Labute approximate surface area is 181 Å². The molecular weight excluding hydrogens is 485 g/mol. The number of hydrogen-bond acceptors (Lipinski definition) is 0. The van der Waals surface area contributed by atoms with E-state index < -0.39 is 6.15 Å². The van der Waals surface area contributed by atoms with E-state index in [1.54, 1.807) is 0 Å². The van der Waals surface area contributed by atoms with Gasteiger partial charge in [0.2, 0.25) is 0 Å². The van der Waals surface area contributed by atoms with E-state index in [2.05, 4.69) is 134 Å². The Morgan fingerprint density at radius 2 is 0.556 bits per heavy atom. The van der Waals surface area contributed by atoms with Crippen molar-refractivity contribution in [2.75, 3.05) is 0 Å². The monoisotopic (exact) mass is 505 g/mol. The van der Waals surface area contributed by atoms with Gasteiger partial charge < -0.3 is 0 Å². The zero-order valence-electron chi connectivity index (χ0n) is 14.8. The molecule has 0 unspecified atom stereocenters. The molecule has 4 rings (SSSR count). The maximum atomic E-state index is 3.53. The van der Waals surface area contributed by atoms with Gasteiger partial charge in [-0.05, 0) is 0 Å². The van der Waals surface area contributed by atoms with Gasteiger partial charge in [0.15, 0.2) is 0 Å². The largest absolute Gasteiger partial charge is 0.195 e. The smallest absolute Gasteiger partial charge is 0.108 e. The van der Waals surface area contributed by atoms with Crippen molar-refractivity contribution in [1.82, 2.24) is 0 Å². The molecule has 4 aromatic rings. The minimum absolute atomic E-state index is 1.22. The second kappa shape index (κ2) is 9.93. The van der Waals surface area contributed by atoms with Crippen molar-refractivity contribution >= 4 is 48.4 Å². The minimum Gasteiger partial charge on any atom is -0.195 e. The summed E-state index contributed by atoms with van der Waals surface area (Å²) in [6.07, 6.45) is -1.22. The Morgan fingerprint density at radius 1 is 0.370 bits per heavy atom. The minimum atomic E-state index is -1.22. The first-order valence-corrected chi connectivity index (χ1v) is 12.3. The molecule has 0 spiro atoms. The Kier molecular flexibility index (Phi) is 7.33. The van der Waals surface area contributed by atoms with Crippen molar-refractivity contribution < 1.29 is 12.5 Å². The molecule has 135 valence electrons. The fourth-order valence-corrected chi connectivity index (χ4v) is 4.12. The fraction of sp³-hybridized carbons (Fsp3) is 0. The molecule has 3 heteroatoms. The molecule has 0 nitrogen and oxygen atoms in total. The van der Waals surface area contributed by atoms with Crippen LogP contribution in [0.2, 0.25) is 0 Å². The first-order chi connectivity index (χ1) is 13.4. The summed E-state index contributed by atoms with van der Waals surface area (Å²) in [6, 6.07) is 43.5. The van der Waals surface area contributed by atoms with Crippen LogP contribution in [0, 0.1) is 0 Å². The van der Waals surface area contributed by atoms with Gasteiger partial charge in [0, 0.05) is 0 Å². The van der Waals surface area contributed by atoms with Crippen molar-refractivity contribution in [2.45, 2.75) is 0 Å². The topological polar surface area (TPSA) is 0 Å². The second-order valence-corrected chi connectivity index (χ2v) is 6.51. The van der Waals surface area contributed by atoms with E-state index in [4.69, 9.17) is 0 Å². The molecule has 0 saturated carbocycles. The number of benzene rings is 4. The molecule has 0 N–H and O–H groups in total. The molecule has 0 saturated heterocycles. The number of hydrogen-bond donors (Lipinski definition) is 0.